The van der Waals surface area contributed by atoms with Gasteiger partial charge in [-0.1, -0.05) is 121 Å². The van der Waals surface area contributed by atoms with Crippen LogP contribution < -0.4 is 0 Å². The van der Waals surface area contributed by atoms with Crippen molar-refractivity contribution in [1.29, 1.82) is 0 Å². The monoisotopic (exact) mass is 668 g/mol. The summed E-state index contributed by atoms with van der Waals surface area (Å²) in [5.41, 5.74) is 4.95. The van der Waals surface area contributed by atoms with Crippen molar-refractivity contribution in [2.24, 2.45) is 5.41 Å². The van der Waals surface area contributed by atoms with Crippen molar-refractivity contribution < 1.29 is 33.0 Å². The fraction of sp³-hybridized carbons (Fsp3) is 0.233. The molecule has 254 valence electrons. The number of fused-ring (bicyclic) bond motifs is 1. The zero-order valence-electron chi connectivity index (χ0n) is 28.5. The Morgan fingerprint density at radius 1 is 0.720 bits per heavy atom. The van der Waals surface area contributed by atoms with Crippen LogP contribution in [-0.4, -0.2) is 31.9 Å². The van der Waals surface area contributed by atoms with Gasteiger partial charge in [0.15, 0.2) is 5.41 Å². The maximum Gasteiger partial charge on any atom is 0.324 e. The number of benzene rings is 4. The lowest BCUT2D eigenvalue weighted by molar-refractivity contribution is -0.169. The minimum absolute atomic E-state index is 0.0213. The van der Waals surface area contributed by atoms with Gasteiger partial charge in [-0.15, -0.1) is 0 Å². The second kappa shape index (κ2) is 15.3. The minimum Gasteiger partial charge on any atom is -0.468 e. The van der Waals surface area contributed by atoms with E-state index in [1.807, 2.05) is 121 Å². The predicted octanol–water partition coefficient (Wildman–Crippen LogP) is 8.81. The molecule has 7 heteroatoms. The first-order chi connectivity index (χ1) is 24.4. The van der Waals surface area contributed by atoms with E-state index < -0.39 is 23.5 Å². The van der Waals surface area contributed by atoms with Crippen LogP contribution in [0.1, 0.15) is 65.9 Å². The summed E-state index contributed by atoms with van der Waals surface area (Å²) in [5, 5.41) is 0. The van der Waals surface area contributed by atoms with Gasteiger partial charge in [0.2, 0.25) is 0 Å². The van der Waals surface area contributed by atoms with E-state index in [0.717, 1.165) is 39.0 Å². The molecule has 0 fully saturated rings. The van der Waals surface area contributed by atoms with Crippen molar-refractivity contribution in [3.63, 3.8) is 0 Å². The van der Waals surface area contributed by atoms with Crippen LogP contribution in [0.15, 0.2) is 126 Å². The predicted molar refractivity (Wildman–Crippen MR) is 192 cm³/mol. The summed E-state index contributed by atoms with van der Waals surface area (Å²) >= 11 is 0. The Balaban J connectivity index is 1.71. The van der Waals surface area contributed by atoms with Crippen LogP contribution in [0, 0.1) is 5.41 Å². The molecule has 0 bridgehead atoms. The van der Waals surface area contributed by atoms with Crippen molar-refractivity contribution in [2.75, 3.05) is 14.2 Å². The SMILES string of the molecule is COC(=O)C1(C(=O)OC)C/C(=C(/CCC(C)=O)c2ccccc2)c2c(oc(-c3ccccc3)c2[C@@H](OCc2ccccc2)c2ccccc2)C1. The Hall–Kier alpha value is -5.53. The summed E-state index contributed by atoms with van der Waals surface area (Å²) in [6.45, 7) is 1.88. The summed E-state index contributed by atoms with van der Waals surface area (Å²) < 4.78 is 24.4. The molecule has 6 rings (SSSR count). The summed E-state index contributed by atoms with van der Waals surface area (Å²) in [6, 6.07) is 39.4. The number of furan rings is 1. The van der Waals surface area contributed by atoms with Gasteiger partial charge in [-0.05, 0) is 41.2 Å². The molecule has 7 nitrogen and oxygen atoms in total. The fourth-order valence-corrected chi connectivity index (χ4v) is 6.89. The molecule has 50 heavy (non-hydrogen) atoms. The fourth-order valence-electron chi connectivity index (χ4n) is 6.89. The number of esters is 2. The van der Waals surface area contributed by atoms with Crippen LogP contribution in [0.3, 0.4) is 0 Å². The van der Waals surface area contributed by atoms with Crippen LogP contribution in [0.2, 0.25) is 0 Å². The molecule has 0 spiro atoms. The van der Waals surface area contributed by atoms with Gasteiger partial charge in [0.1, 0.15) is 23.4 Å². The highest BCUT2D eigenvalue weighted by Gasteiger charge is 2.54. The zero-order chi connectivity index (χ0) is 35.1. The maximum atomic E-state index is 13.8. The molecule has 5 aromatic rings. The average molecular weight is 669 g/mol. The van der Waals surface area contributed by atoms with E-state index in [1.54, 1.807) is 6.92 Å². The van der Waals surface area contributed by atoms with E-state index in [9.17, 15) is 14.4 Å². The molecule has 0 unspecified atom stereocenters. The first kappa shape index (κ1) is 34.3. The van der Waals surface area contributed by atoms with Crippen molar-refractivity contribution in [3.8, 4) is 11.3 Å². The number of carbonyl (C=O) groups is 3. The van der Waals surface area contributed by atoms with Crippen LogP contribution in [0.4, 0.5) is 0 Å². The Kier molecular flexibility index (Phi) is 10.5. The molecule has 1 aromatic heterocycles. The number of Topliss-reactive ketones (excluding diaryl/α,β-unsaturated/α-hetero) is 1. The van der Waals surface area contributed by atoms with Crippen molar-refractivity contribution >= 4 is 28.9 Å². The topological polar surface area (TPSA) is 92.0 Å². The number of hydrogen-bond acceptors (Lipinski definition) is 7. The van der Waals surface area contributed by atoms with Gasteiger partial charge in [-0.25, -0.2) is 0 Å². The number of allylic oxidation sites excluding steroid dienone is 2. The minimum atomic E-state index is -1.72. The van der Waals surface area contributed by atoms with Gasteiger partial charge in [0.25, 0.3) is 0 Å². The molecule has 1 aliphatic carbocycles. The first-order valence-corrected chi connectivity index (χ1v) is 16.7. The average Bonchev–Trinajstić information content (AvgIpc) is 3.54. The molecule has 0 radical (unpaired) electrons. The molecule has 1 aliphatic rings. The lowest BCUT2D eigenvalue weighted by Gasteiger charge is -2.34. The number of rotatable bonds is 12. The third-order valence-electron chi connectivity index (χ3n) is 9.29. The summed E-state index contributed by atoms with van der Waals surface area (Å²) in [5.74, 6) is -0.403. The highest BCUT2D eigenvalue weighted by Crippen LogP contribution is 2.54. The van der Waals surface area contributed by atoms with Gasteiger partial charge in [-0.3, -0.25) is 9.59 Å². The third kappa shape index (κ3) is 6.96. The Morgan fingerprint density at radius 2 is 1.28 bits per heavy atom. The highest BCUT2D eigenvalue weighted by molar-refractivity contribution is 6.06. The van der Waals surface area contributed by atoms with Gasteiger partial charge < -0.3 is 23.4 Å². The second-order valence-corrected chi connectivity index (χ2v) is 12.5. The van der Waals surface area contributed by atoms with Crippen LogP contribution in [-0.2, 0) is 41.6 Å². The van der Waals surface area contributed by atoms with Crippen molar-refractivity contribution in [1.82, 2.24) is 0 Å². The van der Waals surface area contributed by atoms with Crippen LogP contribution in [0.5, 0.6) is 0 Å². The van der Waals surface area contributed by atoms with Gasteiger partial charge in [-0.2, -0.15) is 0 Å². The van der Waals surface area contributed by atoms with Crippen LogP contribution >= 0.6 is 0 Å². The lowest BCUT2D eigenvalue weighted by Crippen LogP contribution is -2.45. The lowest BCUT2D eigenvalue weighted by atomic mass is 9.68. The molecule has 0 N–H and O–H groups in total. The van der Waals surface area contributed by atoms with Crippen molar-refractivity contribution in [3.05, 3.63) is 155 Å². The Bertz CT molecular complexity index is 1960. The number of methoxy groups -OCH3 is 2. The first-order valence-electron chi connectivity index (χ1n) is 16.7. The van der Waals surface area contributed by atoms with Gasteiger partial charge in [0.05, 0.1) is 20.8 Å². The summed E-state index contributed by atoms with van der Waals surface area (Å²) in [6.07, 6.45) is -0.0818. The third-order valence-corrected chi connectivity index (χ3v) is 9.29. The molecular formula is C43H40O7. The Labute approximate surface area is 292 Å². The molecule has 0 saturated carbocycles. The van der Waals surface area contributed by atoms with E-state index in [0.29, 0.717) is 30.1 Å². The van der Waals surface area contributed by atoms with Crippen molar-refractivity contribution in [2.45, 2.75) is 45.3 Å². The molecule has 0 amide bonds. The summed E-state index contributed by atoms with van der Waals surface area (Å²) in [7, 11) is 2.54. The van der Waals surface area contributed by atoms with Gasteiger partial charge in [0, 0.05) is 36.0 Å². The van der Waals surface area contributed by atoms with E-state index in [2.05, 4.69) is 0 Å². The second-order valence-electron chi connectivity index (χ2n) is 12.5. The number of ketones is 1. The summed E-state index contributed by atoms with van der Waals surface area (Å²) in [4.78, 5) is 40.1. The molecule has 1 heterocycles. The van der Waals surface area contributed by atoms with Crippen LogP contribution in [0.25, 0.3) is 22.5 Å². The molecular weight excluding hydrogens is 628 g/mol. The number of hydrogen-bond donors (Lipinski definition) is 0. The quantitative estimate of drug-likeness (QED) is 0.0969. The van der Waals surface area contributed by atoms with E-state index in [1.165, 1.54) is 14.2 Å². The smallest absolute Gasteiger partial charge is 0.324 e. The maximum absolute atomic E-state index is 13.8. The van der Waals surface area contributed by atoms with Gasteiger partial charge >= 0.3 is 11.9 Å². The Morgan fingerprint density at radius 3 is 1.86 bits per heavy atom. The molecule has 4 aromatic carbocycles. The standard InChI is InChI=1S/C43H40O7/c1-29(44)24-25-34(31-18-10-5-11-19-31)35-26-43(41(45)47-2,42(46)48-3)27-36-37(35)38(40(50-36)33-22-14-7-15-23-33)39(32-20-12-6-13-21-32)49-28-30-16-8-4-9-17-30/h4-23,39H,24-28H2,1-3H3/b35-34+/t39-/m0/s1. The highest BCUT2D eigenvalue weighted by atomic mass is 16.5. The molecule has 1 atom stereocenters. The number of carbonyl (C=O) groups excluding carboxylic acids is 3. The zero-order valence-corrected chi connectivity index (χ0v) is 28.5. The number of ether oxygens (including phenoxy) is 3. The van der Waals surface area contributed by atoms with E-state index >= 15 is 0 Å². The van der Waals surface area contributed by atoms with E-state index in [-0.39, 0.29) is 25.0 Å². The molecule has 0 saturated heterocycles. The van der Waals surface area contributed by atoms with E-state index in [4.69, 9.17) is 18.6 Å². The molecule has 0 aliphatic heterocycles. The normalized spacial score (nSPS) is 15.0. The largest absolute Gasteiger partial charge is 0.468 e.